The number of nitrogens with zero attached hydrogens (tertiary/aromatic N) is 1. The van der Waals surface area contributed by atoms with Crippen LogP contribution in [0.4, 0.5) is 11.4 Å². The molecule has 1 saturated heterocycles. The molecule has 1 aliphatic heterocycles. The molecule has 1 fully saturated rings. The van der Waals surface area contributed by atoms with Gasteiger partial charge in [0.1, 0.15) is 0 Å². The van der Waals surface area contributed by atoms with Gasteiger partial charge in [-0.05, 0) is 37.6 Å². The molecule has 0 spiro atoms. The van der Waals surface area contributed by atoms with Crippen LogP contribution in [0, 0.1) is 0 Å². The number of nitrogens with one attached hydrogen (secondary N) is 2. The van der Waals surface area contributed by atoms with Crippen molar-refractivity contribution in [3.63, 3.8) is 0 Å². The fourth-order valence-corrected chi connectivity index (χ4v) is 2.11. The van der Waals surface area contributed by atoms with E-state index in [4.69, 9.17) is 0 Å². The van der Waals surface area contributed by atoms with Crippen molar-refractivity contribution in [3.8, 4) is 0 Å². The normalized spacial score (nSPS) is 18.1. The molecule has 1 atom stereocenters. The Labute approximate surface area is 113 Å². The second kappa shape index (κ2) is 5.84. The zero-order chi connectivity index (χ0) is 13.8. The van der Waals surface area contributed by atoms with E-state index in [-0.39, 0.29) is 17.9 Å². The third-order valence-corrected chi connectivity index (χ3v) is 3.35. The van der Waals surface area contributed by atoms with Gasteiger partial charge < -0.3 is 15.5 Å². The van der Waals surface area contributed by atoms with Gasteiger partial charge in [0, 0.05) is 25.3 Å². The van der Waals surface area contributed by atoms with E-state index in [9.17, 15) is 9.59 Å². The van der Waals surface area contributed by atoms with E-state index in [1.807, 2.05) is 18.2 Å². The molecule has 1 heterocycles. The summed E-state index contributed by atoms with van der Waals surface area (Å²) >= 11 is 0. The Balaban J connectivity index is 2.06. The van der Waals surface area contributed by atoms with E-state index in [1.165, 1.54) is 6.92 Å². The number of carbonyl (C=O) groups is 2. The van der Waals surface area contributed by atoms with E-state index in [0.717, 1.165) is 25.1 Å². The van der Waals surface area contributed by atoms with Crippen LogP contribution < -0.4 is 15.5 Å². The van der Waals surface area contributed by atoms with Crippen molar-refractivity contribution >= 4 is 23.2 Å². The number of hydrogen-bond donors (Lipinski definition) is 2. The number of anilines is 2. The maximum atomic E-state index is 12.0. The molecule has 0 bridgehead atoms. The molecule has 1 aromatic carbocycles. The maximum absolute atomic E-state index is 12.0. The van der Waals surface area contributed by atoms with Crippen LogP contribution in [0.2, 0.25) is 0 Å². The van der Waals surface area contributed by atoms with Gasteiger partial charge in [-0.1, -0.05) is 6.07 Å². The summed E-state index contributed by atoms with van der Waals surface area (Å²) in [4.78, 5) is 24.8. The SMILES string of the molecule is CC(=O)N(C)c1cccc(NC(=O)C2CCCN2)c1. The monoisotopic (exact) mass is 261 g/mol. The molecule has 2 amide bonds. The molecule has 1 unspecified atom stereocenters. The molecule has 5 nitrogen and oxygen atoms in total. The highest BCUT2D eigenvalue weighted by molar-refractivity contribution is 5.96. The Bertz CT molecular complexity index is 481. The number of benzene rings is 1. The lowest BCUT2D eigenvalue weighted by atomic mass is 10.2. The van der Waals surface area contributed by atoms with Gasteiger partial charge in [0.25, 0.3) is 0 Å². The topological polar surface area (TPSA) is 61.4 Å². The van der Waals surface area contributed by atoms with Crippen molar-refractivity contribution in [3.05, 3.63) is 24.3 Å². The highest BCUT2D eigenvalue weighted by Crippen LogP contribution is 2.19. The van der Waals surface area contributed by atoms with E-state index in [0.29, 0.717) is 5.69 Å². The number of amides is 2. The van der Waals surface area contributed by atoms with Gasteiger partial charge in [0.05, 0.1) is 6.04 Å². The molecule has 1 aromatic rings. The van der Waals surface area contributed by atoms with Crippen LogP contribution in [0.3, 0.4) is 0 Å². The Morgan fingerprint density at radius 1 is 1.42 bits per heavy atom. The Hall–Kier alpha value is -1.88. The zero-order valence-corrected chi connectivity index (χ0v) is 11.3. The lowest BCUT2D eigenvalue weighted by Gasteiger charge is -2.17. The molecule has 0 aromatic heterocycles. The molecule has 2 N–H and O–H groups in total. The Kier molecular flexibility index (Phi) is 4.16. The van der Waals surface area contributed by atoms with E-state index in [1.54, 1.807) is 18.0 Å². The molecular weight excluding hydrogens is 242 g/mol. The first-order valence-electron chi connectivity index (χ1n) is 6.46. The van der Waals surface area contributed by atoms with Crippen LogP contribution in [0.25, 0.3) is 0 Å². The summed E-state index contributed by atoms with van der Waals surface area (Å²) in [7, 11) is 1.71. The van der Waals surface area contributed by atoms with Crippen molar-refractivity contribution in [1.29, 1.82) is 0 Å². The first-order valence-corrected chi connectivity index (χ1v) is 6.46. The van der Waals surface area contributed by atoms with Gasteiger partial charge in [-0.3, -0.25) is 9.59 Å². The smallest absolute Gasteiger partial charge is 0.241 e. The Morgan fingerprint density at radius 3 is 2.84 bits per heavy atom. The highest BCUT2D eigenvalue weighted by atomic mass is 16.2. The largest absolute Gasteiger partial charge is 0.325 e. The number of carbonyl (C=O) groups excluding carboxylic acids is 2. The minimum atomic E-state index is -0.103. The third-order valence-electron chi connectivity index (χ3n) is 3.35. The highest BCUT2D eigenvalue weighted by Gasteiger charge is 2.21. The maximum Gasteiger partial charge on any atom is 0.241 e. The number of hydrogen-bond acceptors (Lipinski definition) is 3. The van der Waals surface area contributed by atoms with Crippen molar-refractivity contribution in [2.24, 2.45) is 0 Å². The second-order valence-electron chi connectivity index (χ2n) is 4.77. The number of rotatable bonds is 3. The molecule has 1 aliphatic rings. The molecular formula is C14H19N3O2. The van der Waals surface area contributed by atoms with Crippen LogP contribution in [-0.4, -0.2) is 31.4 Å². The van der Waals surface area contributed by atoms with Gasteiger partial charge >= 0.3 is 0 Å². The second-order valence-corrected chi connectivity index (χ2v) is 4.77. The Morgan fingerprint density at radius 2 is 2.21 bits per heavy atom. The van der Waals surface area contributed by atoms with Crippen molar-refractivity contribution in [2.75, 3.05) is 23.8 Å². The van der Waals surface area contributed by atoms with E-state index in [2.05, 4.69) is 10.6 Å². The van der Waals surface area contributed by atoms with E-state index < -0.39 is 0 Å². The van der Waals surface area contributed by atoms with Crippen molar-refractivity contribution in [1.82, 2.24) is 5.32 Å². The first kappa shape index (κ1) is 13.5. The quantitative estimate of drug-likeness (QED) is 0.863. The standard InChI is InChI=1S/C14H19N3O2/c1-10(18)17(2)12-6-3-5-11(9-12)16-14(19)13-7-4-8-15-13/h3,5-6,9,13,15H,4,7-8H2,1-2H3,(H,16,19). The molecule has 0 saturated carbocycles. The summed E-state index contributed by atoms with van der Waals surface area (Å²) < 4.78 is 0. The van der Waals surface area contributed by atoms with Crippen LogP contribution in [0.5, 0.6) is 0 Å². The fourth-order valence-electron chi connectivity index (χ4n) is 2.11. The van der Waals surface area contributed by atoms with Crippen LogP contribution >= 0.6 is 0 Å². The molecule has 2 rings (SSSR count). The first-order chi connectivity index (χ1) is 9.08. The minimum absolute atomic E-state index is 0.0138. The lowest BCUT2D eigenvalue weighted by Crippen LogP contribution is -2.35. The van der Waals surface area contributed by atoms with Crippen LogP contribution in [-0.2, 0) is 9.59 Å². The minimum Gasteiger partial charge on any atom is -0.325 e. The summed E-state index contributed by atoms with van der Waals surface area (Å²) in [6.45, 7) is 2.40. The molecule has 0 aliphatic carbocycles. The molecule has 5 heteroatoms. The van der Waals surface area contributed by atoms with Gasteiger partial charge in [0.2, 0.25) is 11.8 Å². The van der Waals surface area contributed by atoms with E-state index >= 15 is 0 Å². The average Bonchev–Trinajstić information content (AvgIpc) is 2.92. The van der Waals surface area contributed by atoms with Gasteiger partial charge in [0.15, 0.2) is 0 Å². The van der Waals surface area contributed by atoms with Gasteiger partial charge in [-0.2, -0.15) is 0 Å². The summed E-state index contributed by atoms with van der Waals surface area (Å²) in [6, 6.07) is 7.19. The summed E-state index contributed by atoms with van der Waals surface area (Å²) in [5, 5.41) is 6.03. The van der Waals surface area contributed by atoms with Gasteiger partial charge in [-0.25, -0.2) is 0 Å². The zero-order valence-electron chi connectivity index (χ0n) is 11.3. The van der Waals surface area contributed by atoms with Gasteiger partial charge in [-0.15, -0.1) is 0 Å². The molecule has 19 heavy (non-hydrogen) atoms. The fraction of sp³-hybridized carbons (Fsp3) is 0.429. The predicted molar refractivity (Wildman–Crippen MR) is 75.2 cm³/mol. The van der Waals surface area contributed by atoms with Crippen LogP contribution in [0.1, 0.15) is 19.8 Å². The van der Waals surface area contributed by atoms with Crippen LogP contribution in [0.15, 0.2) is 24.3 Å². The lowest BCUT2D eigenvalue weighted by molar-refractivity contribution is -0.118. The molecule has 0 radical (unpaired) electrons. The van der Waals surface area contributed by atoms with Crippen molar-refractivity contribution < 1.29 is 9.59 Å². The summed E-state index contributed by atoms with van der Waals surface area (Å²) in [5.74, 6) is -0.0546. The predicted octanol–water partition coefficient (Wildman–Crippen LogP) is 1.36. The third kappa shape index (κ3) is 3.32. The molecule has 102 valence electrons. The van der Waals surface area contributed by atoms with Crippen molar-refractivity contribution in [2.45, 2.75) is 25.8 Å². The summed E-state index contributed by atoms with van der Waals surface area (Å²) in [5.41, 5.74) is 1.48. The average molecular weight is 261 g/mol. The summed E-state index contributed by atoms with van der Waals surface area (Å²) in [6.07, 6.45) is 1.91.